The number of rotatable bonds is 1. The van der Waals surface area contributed by atoms with Gasteiger partial charge in [-0.3, -0.25) is 0 Å². The Morgan fingerprint density at radius 1 is 1.24 bits per heavy atom. The van der Waals surface area contributed by atoms with E-state index in [1.54, 1.807) is 26.0 Å². The minimum Gasteiger partial charge on any atom is -0.233 e. The normalized spacial score (nSPS) is 10.0. The number of aromatic nitrogens is 2. The SMILES string of the molecule is Cc1nc(-c2cccc(F)c2)nc(C#N)c1C. The molecule has 2 rings (SSSR count). The first kappa shape index (κ1) is 11.2. The summed E-state index contributed by atoms with van der Waals surface area (Å²) in [6.07, 6.45) is 0. The second kappa shape index (κ2) is 4.30. The van der Waals surface area contributed by atoms with Gasteiger partial charge >= 0.3 is 0 Å². The molecule has 0 aliphatic carbocycles. The van der Waals surface area contributed by atoms with Gasteiger partial charge in [-0.15, -0.1) is 0 Å². The maximum absolute atomic E-state index is 13.1. The van der Waals surface area contributed by atoms with E-state index in [4.69, 9.17) is 5.26 Å². The molecule has 2 aromatic rings. The van der Waals surface area contributed by atoms with Gasteiger partial charge in [0.15, 0.2) is 5.82 Å². The zero-order valence-electron chi connectivity index (χ0n) is 9.53. The molecule has 1 heterocycles. The van der Waals surface area contributed by atoms with Gasteiger partial charge < -0.3 is 0 Å². The number of nitrogens with zero attached hydrogens (tertiary/aromatic N) is 3. The molecular weight excluding hydrogens is 217 g/mol. The van der Waals surface area contributed by atoms with Crippen molar-refractivity contribution in [1.29, 1.82) is 5.26 Å². The lowest BCUT2D eigenvalue weighted by Gasteiger charge is -2.05. The second-order valence-corrected chi connectivity index (χ2v) is 3.73. The summed E-state index contributed by atoms with van der Waals surface area (Å²) in [4.78, 5) is 8.39. The standard InChI is InChI=1S/C13H10FN3/c1-8-9(2)16-13(17-12(8)7-15)10-4-3-5-11(14)6-10/h3-6H,1-2H3. The monoisotopic (exact) mass is 227 g/mol. The number of nitriles is 1. The van der Waals surface area contributed by atoms with Crippen LogP contribution in [0.2, 0.25) is 0 Å². The zero-order chi connectivity index (χ0) is 12.4. The van der Waals surface area contributed by atoms with Crippen molar-refractivity contribution in [3.63, 3.8) is 0 Å². The van der Waals surface area contributed by atoms with E-state index in [-0.39, 0.29) is 5.82 Å². The highest BCUT2D eigenvalue weighted by atomic mass is 19.1. The molecule has 1 aromatic carbocycles. The summed E-state index contributed by atoms with van der Waals surface area (Å²) < 4.78 is 13.1. The van der Waals surface area contributed by atoms with Crippen molar-refractivity contribution in [3.05, 3.63) is 47.0 Å². The molecular formula is C13H10FN3. The van der Waals surface area contributed by atoms with Crippen molar-refractivity contribution in [2.45, 2.75) is 13.8 Å². The molecule has 0 unspecified atom stereocenters. The van der Waals surface area contributed by atoms with Crippen LogP contribution >= 0.6 is 0 Å². The lowest BCUT2D eigenvalue weighted by Crippen LogP contribution is -1.99. The Bertz CT molecular complexity index is 615. The number of hydrogen-bond donors (Lipinski definition) is 0. The van der Waals surface area contributed by atoms with Gasteiger partial charge in [0, 0.05) is 16.8 Å². The van der Waals surface area contributed by atoms with Crippen LogP contribution in [0.4, 0.5) is 4.39 Å². The van der Waals surface area contributed by atoms with Crippen LogP contribution in [-0.2, 0) is 0 Å². The summed E-state index contributed by atoms with van der Waals surface area (Å²) in [6, 6.07) is 8.03. The van der Waals surface area contributed by atoms with E-state index in [0.29, 0.717) is 17.1 Å². The first-order chi connectivity index (χ1) is 8.11. The third kappa shape index (κ3) is 2.13. The van der Waals surface area contributed by atoms with Crippen LogP contribution in [0.3, 0.4) is 0 Å². The first-order valence-electron chi connectivity index (χ1n) is 5.13. The molecule has 84 valence electrons. The number of halogens is 1. The number of aryl methyl sites for hydroxylation is 1. The fourth-order valence-electron chi connectivity index (χ4n) is 1.49. The molecule has 17 heavy (non-hydrogen) atoms. The molecule has 0 fully saturated rings. The minimum absolute atomic E-state index is 0.330. The van der Waals surface area contributed by atoms with E-state index in [9.17, 15) is 4.39 Å². The van der Waals surface area contributed by atoms with Crippen molar-refractivity contribution in [2.24, 2.45) is 0 Å². The summed E-state index contributed by atoms with van der Waals surface area (Å²) in [6.45, 7) is 3.60. The summed E-state index contributed by atoms with van der Waals surface area (Å²) >= 11 is 0. The molecule has 4 heteroatoms. The smallest absolute Gasteiger partial charge is 0.160 e. The van der Waals surface area contributed by atoms with Gasteiger partial charge in [0.1, 0.15) is 17.6 Å². The van der Waals surface area contributed by atoms with Crippen molar-refractivity contribution in [2.75, 3.05) is 0 Å². The fraction of sp³-hybridized carbons (Fsp3) is 0.154. The predicted octanol–water partition coefficient (Wildman–Crippen LogP) is 2.77. The summed E-state index contributed by atoms with van der Waals surface area (Å²) in [5, 5.41) is 8.95. The van der Waals surface area contributed by atoms with E-state index < -0.39 is 0 Å². The van der Waals surface area contributed by atoms with Gasteiger partial charge in [-0.25, -0.2) is 14.4 Å². The van der Waals surface area contributed by atoms with Gasteiger partial charge in [-0.1, -0.05) is 12.1 Å². The Hall–Kier alpha value is -2.28. The largest absolute Gasteiger partial charge is 0.233 e. The molecule has 0 aliphatic rings. The molecule has 0 radical (unpaired) electrons. The van der Waals surface area contributed by atoms with Crippen molar-refractivity contribution in [3.8, 4) is 17.5 Å². The third-order valence-electron chi connectivity index (χ3n) is 2.58. The van der Waals surface area contributed by atoms with Gasteiger partial charge in [-0.05, 0) is 26.0 Å². The summed E-state index contributed by atoms with van der Waals surface area (Å²) in [5.41, 5.74) is 2.39. The molecule has 0 spiro atoms. The summed E-state index contributed by atoms with van der Waals surface area (Å²) in [5.74, 6) is 0.0342. The number of hydrogen-bond acceptors (Lipinski definition) is 3. The molecule has 0 N–H and O–H groups in total. The van der Waals surface area contributed by atoms with Crippen LogP contribution in [0.15, 0.2) is 24.3 Å². The average Bonchev–Trinajstić information content (AvgIpc) is 2.32. The average molecular weight is 227 g/mol. The van der Waals surface area contributed by atoms with Gasteiger partial charge in [0.25, 0.3) is 0 Å². The fourth-order valence-corrected chi connectivity index (χ4v) is 1.49. The van der Waals surface area contributed by atoms with E-state index in [1.165, 1.54) is 12.1 Å². The molecule has 0 amide bonds. The van der Waals surface area contributed by atoms with Crippen molar-refractivity contribution in [1.82, 2.24) is 9.97 Å². The van der Waals surface area contributed by atoms with Crippen molar-refractivity contribution >= 4 is 0 Å². The molecule has 0 saturated heterocycles. The lowest BCUT2D eigenvalue weighted by molar-refractivity contribution is 0.628. The molecule has 0 bridgehead atoms. The van der Waals surface area contributed by atoms with Gasteiger partial charge in [0.05, 0.1) is 0 Å². The topological polar surface area (TPSA) is 49.6 Å². The molecule has 3 nitrogen and oxygen atoms in total. The van der Waals surface area contributed by atoms with E-state index in [2.05, 4.69) is 9.97 Å². The Morgan fingerprint density at radius 2 is 2.00 bits per heavy atom. The Morgan fingerprint density at radius 3 is 2.65 bits per heavy atom. The maximum Gasteiger partial charge on any atom is 0.160 e. The van der Waals surface area contributed by atoms with Crippen LogP contribution in [-0.4, -0.2) is 9.97 Å². The molecule has 1 aromatic heterocycles. The number of benzene rings is 1. The highest BCUT2D eigenvalue weighted by molar-refractivity contribution is 5.56. The molecule has 0 atom stereocenters. The van der Waals surface area contributed by atoms with Crippen LogP contribution in [0.1, 0.15) is 17.0 Å². The molecule has 0 aliphatic heterocycles. The van der Waals surface area contributed by atoms with E-state index in [1.807, 2.05) is 6.07 Å². The van der Waals surface area contributed by atoms with Crippen LogP contribution < -0.4 is 0 Å². The first-order valence-corrected chi connectivity index (χ1v) is 5.13. The highest BCUT2D eigenvalue weighted by Crippen LogP contribution is 2.18. The van der Waals surface area contributed by atoms with Crippen LogP contribution in [0.5, 0.6) is 0 Å². The van der Waals surface area contributed by atoms with Gasteiger partial charge in [-0.2, -0.15) is 5.26 Å². The lowest BCUT2D eigenvalue weighted by atomic mass is 10.1. The maximum atomic E-state index is 13.1. The van der Waals surface area contributed by atoms with Gasteiger partial charge in [0.2, 0.25) is 0 Å². The predicted molar refractivity (Wildman–Crippen MR) is 61.6 cm³/mol. The summed E-state index contributed by atoms with van der Waals surface area (Å²) in [7, 11) is 0. The molecule has 0 saturated carbocycles. The Kier molecular flexibility index (Phi) is 2.84. The van der Waals surface area contributed by atoms with E-state index >= 15 is 0 Å². The third-order valence-corrected chi connectivity index (χ3v) is 2.58. The Labute approximate surface area is 98.6 Å². The van der Waals surface area contributed by atoms with Crippen LogP contribution in [0, 0.1) is 31.0 Å². The quantitative estimate of drug-likeness (QED) is 0.752. The van der Waals surface area contributed by atoms with Crippen LogP contribution in [0.25, 0.3) is 11.4 Å². The Balaban J connectivity index is 2.62. The minimum atomic E-state index is -0.345. The highest BCUT2D eigenvalue weighted by Gasteiger charge is 2.09. The zero-order valence-corrected chi connectivity index (χ0v) is 9.53. The second-order valence-electron chi connectivity index (χ2n) is 3.73. The van der Waals surface area contributed by atoms with Crippen molar-refractivity contribution < 1.29 is 4.39 Å². The van der Waals surface area contributed by atoms with E-state index in [0.717, 1.165) is 11.3 Å².